The van der Waals surface area contributed by atoms with Crippen molar-refractivity contribution in [1.82, 2.24) is 10.4 Å². The van der Waals surface area contributed by atoms with Crippen LogP contribution in [-0.2, 0) is 32.1 Å². The molecule has 0 unspecified atom stereocenters. The molecule has 208 valence electrons. The zero-order valence-electron chi connectivity index (χ0n) is 20.6. The van der Waals surface area contributed by atoms with Gasteiger partial charge in [0.05, 0.1) is 6.04 Å². The Bertz CT molecular complexity index is 1100. The topological polar surface area (TPSA) is 128 Å². The fourth-order valence-corrected chi connectivity index (χ4v) is 3.91. The molecule has 0 aliphatic carbocycles. The van der Waals surface area contributed by atoms with Crippen molar-refractivity contribution >= 4 is 40.4 Å². The highest BCUT2D eigenvalue weighted by molar-refractivity contribution is 14.1. The van der Waals surface area contributed by atoms with Crippen LogP contribution < -0.4 is 16.8 Å². The Labute approximate surface area is 231 Å². The summed E-state index contributed by atoms with van der Waals surface area (Å²) in [5, 5.41) is 2.68. The quantitative estimate of drug-likeness (QED) is 0.195. The lowest BCUT2D eigenvalue weighted by Crippen LogP contribution is -2.63. The van der Waals surface area contributed by atoms with Crippen LogP contribution in [0.1, 0.15) is 30.9 Å². The average Bonchev–Trinajstić information content (AvgIpc) is 2.87. The van der Waals surface area contributed by atoms with Crippen LogP contribution in [0.5, 0.6) is 0 Å². The maximum Gasteiger partial charge on any atom is 0.493 e. The van der Waals surface area contributed by atoms with Gasteiger partial charge >= 0.3 is 12.1 Å². The Hall–Kier alpha value is -2.78. The molecule has 0 bridgehead atoms. The molecular weight excluding hydrogens is 623 g/mol. The minimum Gasteiger partial charge on any atom is -0.354 e. The Morgan fingerprint density at radius 1 is 1.05 bits per heavy atom. The Kier molecular flexibility index (Phi) is 11.5. The number of hydroxylamine groups is 2. The van der Waals surface area contributed by atoms with E-state index in [9.17, 15) is 31.9 Å². The smallest absolute Gasteiger partial charge is 0.354 e. The van der Waals surface area contributed by atoms with Crippen molar-refractivity contribution in [3.8, 4) is 0 Å². The van der Waals surface area contributed by atoms with Crippen molar-refractivity contribution < 1.29 is 36.8 Å². The number of carbonyl (C=O) groups excluding carboxylic acids is 3. The van der Waals surface area contributed by atoms with Gasteiger partial charge in [0, 0.05) is 10.1 Å². The normalized spacial score (nSPS) is 13.8. The van der Waals surface area contributed by atoms with Gasteiger partial charge in [-0.15, -0.1) is 0 Å². The summed E-state index contributed by atoms with van der Waals surface area (Å²) in [5.41, 5.74) is 10.8. The number of nitrogens with two attached hydrogens (primary N) is 2. The number of nitrogens with one attached hydrogen (secondary N) is 1. The molecule has 0 saturated carbocycles. The third-order valence-corrected chi connectivity index (χ3v) is 6.43. The summed E-state index contributed by atoms with van der Waals surface area (Å²) in [5.74, 6) is -5.17. The minimum atomic E-state index is -5.44. The van der Waals surface area contributed by atoms with Crippen LogP contribution in [0.25, 0.3) is 0 Å². The standard InChI is InChI=1S/C25H29F4IN4O4/c1-24(12-2-13-31,22(36)33-14-11-16-3-7-18(26)8-4-16)34(38-23(37)25(27,28)29)21(35)20(32)15-17-5-9-19(30)10-6-17/h3-10,20H,2,11-15,31-32H2,1H3,(H,33,36)/t20-,24-/m0/s1. The average molecular weight is 652 g/mol. The number of hydrogen-bond donors (Lipinski definition) is 3. The number of carbonyl (C=O) groups is 3. The second-order valence-corrected chi connectivity index (χ2v) is 9.99. The molecule has 0 saturated heterocycles. The van der Waals surface area contributed by atoms with E-state index in [1.54, 1.807) is 24.3 Å². The van der Waals surface area contributed by atoms with Crippen LogP contribution >= 0.6 is 22.6 Å². The van der Waals surface area contributed by atoms with E-state index < -0.39 is 41.4 Å². The Balaban J connectivity index is 2.32. The Morgan fingerprint density at radius 3 is 2.18 bits per heavy atom. The number of amides is 2. The van der Waals surface area contributed by atoms with Gasteiger partial charge in [-0.05, 0) is 97.1 Å². The molecule has 0 spiro atoms. The first-order valence-corrected chi connectivity index (χ1v) is 12.7. The molecule has 2 atom stereocenters. The van der Waals surface area contributed by atoms with E-state index in [0.717, 1.165) is 3.57 Å². The van der Waals surface area contributed by atoms with Gasteiger partial charge < -0.3 is 21.6 Å². The lowest BCUT2D eigenvalue weighted by atomic mass is 9.92. The summed E-state index contributed by atoms with van der Waals surface area (Å²) in [6.07, 6.45) is -5.37. The van der Waals surface area contributed by atoms with Crippen LogP contribution in [0.3, 0.4) is 0 Å². The molecule has 2 aromatic rings. The largest absolute Gasteiger partial charge is 0.493 e. The fourth-order valence-electron chi connectivity index (χ4n) is 3.55. The van der Waals surface area contributed by atoms with Crippen molar-refractivity contribution in [3.05, 3.63) is 69.0 Å². The van der Waals surface area contributed by atoms with Gasteiger partial charge in [-0.2, -0.15) is 18.2 Å². The molecule has 13 heteroatoms. The maximum absolute atomic E-state index is 13.3. The summed E-state index contributed by atoms with van der Waals surface area (Å²) < 4.78 is 53.4. The summed E-state index contributed by atoms with van der Waals surface area (Å²) in [6, 6.07) is 11.0. The number of nitrogens with zero attached hydrogens (tertiary/aromatic N) is 1. The highest BCUT2D eigenvalue weighted by atomic mass is 127. The third kappa shape index (κ3) is 8.91. The summed E-state index contributed by atoms with van der Waals surface area (Å²) in [7, 11) is 0. The number of halogens is 5. The van der Waals surface area contributed by atoms with Crippen LogP contribution in [0, 0.1) is 9.39 Å². The van der Waals surface area contributed by atoms with Gasteiger partial charge in [-0.25, -0.2) is 9.18 Å². The van der Waals surface area contributed by atoms with Crippen molar-refractivity contribution in [2.45, 2.75) is 50.4 Å². The highest BCUT2D eigenvalue weighted by Gasteiger charge is 2.50. The van der Waals surface area contributed by atoms with Crippen LogP contribution in [0.4, 0.5) is 17.6 Å². The van der Waals surface area contributed by atoms with E-state index in [-0.39, 0.29) is 43.8 Å². The molecule has 38 heavy (non-hydrogen) atoms. The van der Waals surface area contributed by atoms with Crippen LogP contribution in [-0.4, -0.2) is 53.7 Å². The van der Waals surface area contributed by atoms with Gasteiger partial charge in [-0.3, -0.25) is 9.59 Å². The van der Waals surface area contributed by atoms with E-state index in [1.165, 1.54) is 31.2 Å². The zero-order valence-corrected chi connectivity index (χ0v) is 22.7. The van der Waals surface area contributed by atoms with Gasteiger partial charge in [0.25, 0.3) is 5.91 Å². The molecule has 5 N–H and O–H groups in total. The third-order valence-electron chi connectivity index (χ3n) is 5.71. The van der Waals surface area contributed by atoms with Crippen LogP contribution in [0.2, 0.25) is 0 Å². The highest BCUT2D eigenvalue weighted by Crippen LogP contribution is 2.27. The lowest BCUT2D eigenvalue weighted by Gasteiger charge is -2.39. The molecule has 2 aromatic carbocycles. The molecular formula is C25H29F4IN4O4. The Morgan fingerprint density at radius 2 is 1.63 bits per heavy atom. The number of benzene rings is 2. The SMILES string of the molecule is C[C@](CCCN)(C(=O)NCCc1ccc(F)cc1)N(OC(=O)C(F)(F)F)C(=O)[C@@H](N)Cc1ccc(I)cc1. The minimum absolute atomic E-state index is 0.00658. The van der Waals surface area contributed by atoms with Crippen LogP contribution in [0.15, 0.2) is 48.5 Å². The van der Waals surface area contributed by atoms with E-state index >= 15 is 0 Å². The van der Waals surface area contributed by atoms with E-state index in [0.29, 0.717) is 11.1 Å². The van der Waals surface area contributed by atoms with Crippen molar-refractivity contribution in [2.75, 3.05) is 13.1 Å². The first-order valence-electron chi connectivity index (χ1n) is 11.6. The molecule has 0 radical (unpaired) electrons. The predicted molar refractivity (Wildman–Crippen MR) is 140 cm³/mol. The molecule has 0 aliphatic heterocycles. The number of hydrogen-bond acceptors (Lipinski definition) is 6. The van der Waals surface area contributed by atoms with E-state index in [1.807, 2.05) is 0 Å². The number of rotatable bonds is 11. The maximum atomic E-state index is 13.3. The molecule has 0 aromatic heterocycles. The molecule has 0 fully saturated rings. The number of alkyl halides is 3. The molecule has 2 rings (SSSR count). The first-order chi connectivity index (χ1) is 17.8. The van der Waals surface area contributed by atoms with Gasteiger partial charge in [0.2, 0.25) is 5.91 Å². The van der Waals surface area contributed by atoms with E-state index in [2.05, 4.69) is 32.7 Å². The summed E-state index contributed by atoms with van der Waals surface area (Å²) in [4.78, 5) is 42.9. The van der Waals surface area contributed by atoms with Crippen molar-refractivity contribution in [1.29, 1.82) is 0 Å². The molecule has 0 heterocycles. The van der Waals surface area contributed by atoms with Gasteiger partial charge in [0.15, 0.2) is 5.54 Å². The lowest BCUT2D eigenvalue weighted by molar-refractivity contribution is -0.253. The molecule has 0 aliphatic rings. The van der Waals surface area contributed by atoms with Gasteiger partial charge in [-0.1, -0.05) is 24.3 Å². The zero-order chi connectivity index (χ0) is 28.5. The van der Waals surface area contributed by atoms with Crippen molar-refractivity contribution in [2.24, 2.45) is 11.5 Å². The molecule has 2 amide bonds. The monoisotopic (exact) mass is 652 g/mol. The van der Waals surface area contributed by atoms with E-state index in [4.69, 9.17) is 11.5 Å². The molecule has 8 nitrogen and oxygen atoms in total. The van der Waals surface area contributed by atoms with Crippen molar-refractivity contribution in [3.63, 3.8) is 0 Å². The van der Waals surface area contributed by atoms with Gasteiger partial charge in [0.1, 0.15) is 5.82 Å². The summed E-state index contributed by atoms with van der Waals surface area (Å²) >= 11 is 2.08. The second kappa shape index (κ2) is 13.8. The predicted octanol–water partition coefficient (Wildman–Crippen LogP) is 3.01. The first kappa shape index (κ1) is 31.4. The second-order valence-electron chi connectivity index (χ2n) is 8.74. The fraction of sp³-hybridized carbons (Fsp3) is 0.400. The summed E-state index contributed by atoms with van der Waals surface area (Å²) in [6.45, 7) is 1.23.